The fourth-order valence-corrected chi connectivity index (χ4v) is 3.07. The molecule has 2 rings (SSSR count). The number of rotatable bonds is 4. The number of nitrogens with two attached hydrogens (primary N) is 1. The van der Waals surface area contributed by atoms with Crippen LogP contribution in [0.3, 0.4) is 0 Å². The summed E-state index contributed by atoms with van der Waals surface area (Å²) in [5.74, 6) is 1.21. The molecular formula is C16H24FNO2. The predicted molar refractivity (Wildman–Crippen MR) is 78.0 cm³/mol. The molecule has 1 fully saturated rings. The van der Waals surface area contributed by atoms with Crippen molar-refractivity contribution in [3.05, 3.63) is 23.3 Å². The van der Waals surface area contributed by atoms with Crippen molar-refractivity contribution >= 4 is 0 Å². The van der Waals surface area contributed by atoms with Gasteiger partial charge in [0.25, 0.3) is 0 Å². The zero-order valence-corrected chi connectivity index (χ0v) is 12.5. The summed E-state index contributed by atoms with van der Waals surface area (Å²) in [6, 6.07) is 3.58. The summed E-state index contributed by atoms with van der Waals surface area (Å²) in [5, 5.41) is 0. The Kier molecular flexibility index (Phi) is 4.53. The molecule has 1 saturated carbocycles. The van der Waals surface area contributed by atoms with Gasteiger partial charge in [0.1, 0.15) is 17.7 Å². The molecule has 1 aliphatic rings. The topological polar surface area (TPSA) is 44.5 Å². The monoisotopic (exact) mass is 281 g/mol. The van der Waals surface area contributed by atoms with Crippen molar-refractivity contribution in [1.29, 1.82) is 0 Å². The first kappa shape index (κ1) is 15.1. The maximum atomic E-state index is 13.7. The van der Waals surface area contributed by atoms with E-state index in [4.69, 9.17) is 15.2 Å². The van der Waals surface area contributed by atoms with Crippen LogP contribution in [0, 0.1) is 0 Å². The Morgan fingerprint density at radius 3 is 2.20 bits per heavy atom. The zero-order chi connectivity index (χ0) is 14.8. The van der Waals surface area contributed by atoms with Gasteiger partial charge in [0.05, 0.1) is 14.2 Å². The largest absolute Gasteiger partial charge is 0.496 e. The number of ether oxygens (including phenoxy) is 2. The van der Waals surface area contributed by atoms with Gasteiger partial charge in [-0.2, -0.15) is 0 Å². The van der Waals surface area contributed by atoms with Crippen LogP contribution in [0.5, 0.6) is 11.5 Å². The third kappa shape index (κ3) is 2.75. The third-order valence-electron chi connectivity index (χ3n) is 4.26. The average molecular weight is 281 g/mol. The van der Waals surface area contributed by atoms with Crippen LogP contribution in [-0.4, -0.2) is 14.2 Å². The molecule has 0 amide bonds. The van der Waals surface area contributed by atoms with E-state index in [0.29, 0.717) is 17.1 Å². The molecule has 112 valence electrons. The van der Waals surface area contributed by atoms with E-state index in [1.807, 2.05) is 6.07 Å². The minimum absolute atomic E-state index is 0.394. The predicted octanol–water partition coefficient (Wildman–Crippen LogP) is 3.85. The van der Waals surface area contributed by atoms with Gasteiger partial charge in [0.2, 0.25) is 0 Å². The lowest BCUT2D eigenvalue weighted by Gasteiger charge is -2.35. The van der Waals surface area contributed by atoms with Crippen molar-refractivity contribution in [3.63, 3.8) is 0 Å². The van der Waals surface area contributed by atoms with E-state index in [1.165, 1.54) is 13.3 Å². The van der Waals surface area contributed by atoms with Crippen LogP contribution in [0.15, 0.2) is 12.1 Å². The van der Waals surface area contributed by atoms with Crippen LogP contribution in [0.1, 0.15) is 56.3 Å². The molecule has 2 N–H and O–H groups in total. The molecule has 1 atom stereocenters. The fourth-order valence-electron chi connectivity index (χ4n) is 3.07. The van der Waals surface area contributed by atoms with Crippen molar-refractivity contribution in [3.8, 4) is 11.5 Å². The molecule has 0 saturated heterocycles. The Bertz CT molecular complexity index is 468. The summed E-state index contributed by atoms with van der Waals surface area (Å²) >= 11 is 0. The van der Waals surface area contributed by atoms with E-state index >= 15 is 0 Å². The Labute approximate surface area is 120 Å². The van der Waals surface area contributed by atoms with Crippen LogP contribution in [0.4, 0.5) is 4.39 Å². The minimum atomic E-state index is -1.10. The number of benzene rings is 1. The van der Waals surface area contributed by atoms with Crippen molar-refractivity contribution in [1.82, 2.24) is 0 Å². The lowest BCUT2D eigenvalue weighted by atomic mass is 9.76. The molecule has 0 spiro atoms. The van der Waals surface area contributed by atoms with Gasteiger partial charge in [-0.05, 0) is 31.9 Å². The first-order valence-electron chi connectivity index (χ1n) is 7.21. The number of alkyl halides is 1. The third-order valence-corrected chi connectivity index (χ3v) is 4.26. The normalized spacial score (nSPS) is 19.4. The van der Waals surface area contributed by atoms with E-state index in [0.717, 1.165) is 31.2 Å². The van der Waals surface area contributed by atoms with Crippen molar-refractivity contribution in [2.24, 2.45) is 5.73 Å². The number of hydrogen-bond donors (Lipinski definition) is 1. The molecule has 0 aromatic heterocycles. The quantitative estimate of drug-likeness (QED) is 0.911. The average Bonchev–Trinajstić information content (AvgIpc) is 2.46. The highest BCUT2D eigenvalue weighted by molar-refractivity contribution is 5.50. The fraction of sp³-hybridized carbons (Fsp3) is 0.625. The van der Waals surface area contributed by atoms with E-state index in [1.54, 1.807) is 20.3 Å². The highest BCUT2D eigenvalue weighted by Crippen LogP contribution is 2.43. The van der Waals surface area contributed by atoms with E-state index in [-0.39, 0.29) is 0 Å². The molecule has 0 radical (unpaired) electrons. The maximum absolute atomic E-state index is 13.7. The molecule has 0 aliphatic heterocycles. The highest BCUT2D eigenvalue weighted by atomic mass is 19.1. The highest BCUT2D eigenvalue weighted by Gasteiger charge is 2.33. The maximum Gasteiger partial charge on any atom is 0.126 e. The van der Waals surface area contributed by atoms with Crippen molar-refractivity contribution < 1.29 is 13.9 Å². The van der Waals surface area contributed by atoms with Crippen LogP contribution in [-0.2, 0) is 5.54 Å². The van der Waals surface area contributed by atoms with Crippen LogP contribution in [0.25, 0.3) is 0 Å². The lowest BCUT2D eigenvalue weighted by molar-refractivity contribution is 0.285. The second-order valence-electron chi connectivity index (χ2n) is 5.63. The smallest absolute Gasteiger partial charge is 0.126 e. The van der Waals surface area contributed by atoms with Gasteiger partial charge in [-0.1, -0.05) is 19.3 Å². The second kappa shape index (κ2) is 6.00. The molecular weight excluding hydrogens is 257 g/mol. The Morgan fingerprint density at radius 1 is 1.10 bits per heavy atom. The first-order chi connectivity index (χ1) is 9.51. The number of hydrogen-bond acceptors (Lipinski definition) is 3. The second-order valence-corrected chi connectivity index (χ2v) is 5.63. The van der Waals surface area contributed by atoms with E-state index in [2.05, 4.69) is 0 Å². The van der Waals surface area contributed by atoms with Gasteiger partial charge < -0.3 is 15.2 Å². The standard InChI is InChI=1S/C16H24FNO2/c1-11(17)12-9-15(20-3)13(10-14(12)19-2)16(18)7-5-4-6-8-16/h9-11H,4-8,18H2,1-3H3. The van der Waals surface area contributed by atoms with Crippen LogP contribution < -0.4 is 15.2 Å². The molecule has 1 aromatic rings. The van der Waals surface area contributed by atoms with Crippen molar-refractivity contribution in [2.75, 3.05) is 14.2 Å². The first-order valence-corrected chi connectivity index (χ1v) is 7.21. The molecule has 1 aromatic carbocycles. The molecule has 4 heteroatoms. The van der Waals surface area contributed by atoms with Gasteiger partial charge in [-0.15, -0.1) is 0 Å². The summed E-state index contributed by atoms with van der Waals surface area (Å²) in [7, 11) is 3.16. The SMILES string of the molecule is COc1cc(C2(N)CCCCC2)c(OC)cc1C(C)F. The Balaban J connectivity index is 2.51. The van der Waals surface area contributed by atoms with E-state index in [9.17, 15) is 4.39 Å². The molecule has 0 heterocycles. The molecule has 0 bridgehead atoms. The number of halogens is 1. The van der Waals surface area contributed by atoms with Gasteiger partial charge in [0.15, 0.2) is 0 Å². The Hall–Kier alpha value is -1.29. The molecule has 1 unspecified atom stereocenters. The summed E-state index contributed by atoms with van der Waals surface area (Å²) in [6.07, 6.45) is 4.20. The van der Waals surface area contributed by atoms with Crippen LogP contribution >= 0.6 is 0 Å². The zero-order valence-electron chi connectivity index (χ0n) is 12.5. The Morgan fingerprint density at radius 2 is 1.70 bits per heavy atom. The van der Waals surface area contributed by atoms with Crippen LogP contribution in [0.2, 0.25) is 0 Å². The van der Waals surface area contributed by atoms with Crippen molar-refractivity contribution in [2.45, 2.75) is 50.7 Å². The van der Waals surface area contributed by atoms with Gasteiger partial charge in [-0.25, -0.2) is 4.39 Å². The van der Waals surface area contributed by atoms with Gasteiger partial charge >= 0.3 is 0 Å². The summed E-state index contributed by atoms with van der Waals surface area (Å²) in [5.41, 5.74) is 7.62. The lowest BCUT2D eigenvalue weighted by Crippen LogP contribution is -2.39. The minimum Gasteiger partial charge on any atom is -0.496 e. The van der Waals surface area contributed by atoms with E-state index < -0.39 is 11.7 Å². The summed E-state index contributed by atoms with van der Waals surface area (Å²) < 4.78 is 24.5. The molecule has 3 nitrogen and oxygen atoms in total. The molecule has 20 heavy (non-hydrogen) atoms. The van der Waals surface area contributed by atoms with Gasteiger partial charge in [-0.3, -0.25) is 0 Å². The van der Waals surface area contributed by atoms with Gasteiger partial charge in [0, 0.05) is 16.7 Å². The molecule has 1 aliphatic carbocycles. The summed E-state index contributed by atoms with van der Waals surface area (Å²) in [4.78, 5) is 0. The number of methoxy groups -OCH3 is 2. The summed E-state index contributed by atoms with van der Waals surface area (Å²) in [6.45, 7) is 1.50.